The van der Waals surface area contributed by atoms with Crippen LogP contribution in [0.15, 0.2) is 18.3 Å². The lowest BCUT2D eigenvalue weighted by Gasteiger charge is -2.27. The average molecular weight is 287 g/mol. The number of nitrogens with zero attached hydrogens (tertiary/aromatic N) is 3. The van der Waals surface area contributed by atoms with E-state index in [1.807, 2.05) is 19.1 Å². The van der Waals surface area contributed by atoms with Gasteiger partial charge >= 0.3 is 5.97 Å². The maximum absolute atomic E-state index is 12.2. The number of rotatable bonds is 6. The van der Waals surface area contributed by atoms with Gasteiger partial charge in [0.25, 0.3) is 0 Å². The fourth-order valence-electron chi connectivity index (χ4n) is 1.88. The second-order valence-corrected chi connectivity index (χ2v) is 4.43. The van der Waals surface area contributed by atoms with Crippen molar-refractivity contribution in [3.05, 3.63) is 24.0 Å². The Labute approximate surface area is 123 Å². The highest BCUT2D eigenvalue weighted by Gasteiger charge is 2.46. The van der Waals surface area contributed by atoms with Crippen molar-refractivity contribution in [2.75, 3.05) is 13.2 Å². The van der Waals surface area contributed by atoms with Crippen molar-refractivity contribution in [1.29, 1.82) is 10.5 Å². The zero-order valence-corrected chi connectivity index (χ0v) is 12.3. The van der Waals surface area contributed by atoms with Gasteiger partial charge in [-0.1, -0.05) is 0 Å². The SMILES string of the molecule is CCOC(=O)[C@](C)(c1ccc(OCC)cn1)C(C#N)C#N. The molecule has 6 heteroatoms. The lowest BCUT2D eigenvalue weighted by molar-refractivity contribution is -0.150. The number of carbonyl (C=O) groups excluding carboxylic acids is 1. The second-order valence-electron chi connectivity index (χ2n) is 4.43. The molecular formula is C15H17N3O3. The molecule has 0 saturated heterocycles. The van der Waals surface area contributed by atoms with Crippen LogP contribution in [0.5, 0.6) is 5.75 Å². The van der Waals surface area contributed by atoms with Gasteiger partial charge in [0, 0.05) is 0 Å². The van der Waals surface area contributed by atoms with Crippen LogP contribution in [0.2, 0.25) is 0 Å². The minimum Gasteiger partial charge on any atom is -0.492 e. The van der Waals surface area contributed by atoms with Crippen LogP contribution in [0.3, 0.4) is 0 Å². The van der Waals surface area contributed by atoms with E-state index in [1.54, 1.807) is 19.1 Å². The smallest absolute Gasteiger partial charge is 0.320 e. The van der Waals surface area contributed by atoms with Crippen molar-refractivity contribution in [1.82, 2.24) is 4.98 Å². The van der Waals surface area contributed by atoms with Crippen molar-refractivity contribution >= 4 is 5.97 Å². The minimum absolute atomic E-state index is 0.162. The summed E-state index contributed by atoms with van der Waals surface area (Å²) in [6, 6.07) is 6.89. The third-order valence-electron chi connectivity index (χ3n) is 3.11. The van der Waals surface area contributed by atoms with E-state index in [-0.39, 0.29) is 6.61 Å². The van der Waals surface area contributed by atoms with Crippen molar-refractivity contribution in [3.8, 4) is 17.9 Å². The van der Waals surface area contributed by atoms with Crippen molar-refractivity contribution < 1.29 is 14.3 Å². The summed E-state index contributed by atoms with van der Waals surface area (Å²) in [6.07, 6.45) is 1.46. The van der Waals surface area contributed by atoms with Gasteiger partial charge in [0.2, 0.25) is 0 Å². The summed E-state index contributed by atoms with van der Waals surface area (Å²) < 4.78 is 10.3. The Kier molecular flexibility index (Phi) is 5.68. The molecule has 1 aromatic rings. The first-order chi connectivity index (χ1) is 10.0. The summed E-state index contributed by atoms with van der Waals surface area (Å²) in [5.41, 5.74) is -1.14. The fourth-order valence-corrected chi connectivity index (χ4v) is 1.88. The van der Waals surface area contributed by atoms with E-state index in [1.165, 1.54) is 13.1 Å². The number of aromatic nitrogens is 1. The maximum Gasteiger partial charge on any atom is 0.320 e. The Morgan fingerprint density at radius 1 is 1.33 bits per heavy atom. The van der Waals surface area contributed by atoms with Crippen LogP contribution < -0.4 is 4.74 Å². The molecule has 0 unspecified atom stereocenters. The topological polar surface area (TPSA) is 96.0 Å². The standard InChI is InChI=1S/C15H17N3O3/c1-4-20-12-6-7-13(18-10-12)15(3,11(8-16)9-17)14(19)21-5-2/h6-7,10-11H,4-5H2,1-3H3/t15-/m0/s1. The van der Waals surface area contributed by atoms with Gasteiger partial charge in [0.05, 0.1) is 37.2 Å². The third kappa shape index (κ3) is 3.29. The van der Waals surface area contributed by atoms with E-state index in [0.29, 0.717) is 18.1 Å². The van der Waals surface area contributed by atoms with Gasteiger partial charge in [0.1, 0.15) is 11.2 Å². The Morgan fingerprint density at radius 3 is 2.43 bits per heavy atom. The van der Waals surface area contributed by atoms with Gasteiger partial charge in [-0.15, -0.1) is 0 Å². The van der Waals surface area contributed by atoms with Crippen LogP contribution in [0, 0.1) is 28.6 Å². The lowest BCUT2D eigenvalue weighted by Crippen LogP contribution is -2.41. The van der Waals surface area contributed by atoms with E-state index in [0.717, 1.165) is 0 Å². The number of ether oxygens (including phenoxy) is 2. The number of hydrogen-bond acceptors (Lipinski definition) is 6. The molecule has 0 aliphatic rings. The van der Waals surface area contributed by atoms with Gasteiger partial charge in [-0.2, -0.15) is 10.5 Å². The molecule has 110 valence electrons. The number of carbonyl (C=O) groups is 1. The van der Waals surface area contributed by atoms with Crippen LogP contribution in [-0.2, 0) is 14.9 Å². The van der Waals surface area contributed by atoms with Gasteiger partial charge < -0.3 is 9.47 Å². The number of hydrogen-bond donors (Lipinski definition) is 0. The molecular weight excluding hydrogens is 270 g/mol. The van der Waals surface area contributed by atoms with Gasteiger partial charge in [-0.05, 0) is 32.9 Å². The monoisotopic (exact) mass is 287 g/mol. The zero-order valence-electron chi connectivity index (χ0n) is 12.3. The highest BCUT2D eigenvalue weighted by Crippen LogP contribution is 2.32. The van der Waals surface area contributed by atoms with Crippen LogP contribution in [0.25, 0.3) is 0 Å². The lowest BCUT2D eigenvalue weighted by atomic mass is 9.75. The Morgan fingerprint density at radius 2 is 2.00 bits per heavy atom. The van der Waals surface area contributed by atoms with Crippen LogP contribution in [0.1, 0.15) is 26.5 Å². The largest absolute Gasteiger partial charge is 0.492 e. The van der Waals surface area contributed by atoms with Gasteiger partial charge in [-0.25, -0.2) is 0 Å². The summed E-state index contributed by atoms with van der Waals surface area (Å²) in [5.74, 6) is -1.28. The third-order valence-corrected chi connectivity index (χ3v) is 3.11. The molecule has 0 aliphatic carbocycles. The molecule has 0 radical (unpaired) electrons. The molecule has 1 rings (SSSR count). The summed E-state index contributed by atoms with van der Waals surface area (Å²) in [5, 5.41) is 18.3. The van der Waals surface area contributed by atoms with Crippen molar-refractivity contribution in [2.24, 2.45) is 5.92 Å². The predicted molar refractivity (Wildman–Crippen MR) is 74.1 cm³/mol. The van der Waals surface area contributed by atoms with Crippen molar-refractivity contribution in [2.45, 2.75) is 26.2 Å². The summed E-state index contributed by atoms with van der Waals surface area (Å²) >= 11 is 0. The van der Waals surface area contributed by atoms with E-state index in [2.05, 4.69) is 4.98 Å². The van der Waals surface area contributed by atoms with E-state index in [9.17, 15) is 4.79 Å². The molecule has 0 N–H and O–H groups in total. The molecule has 1 aromatic heterocycles. The Balaban J connectivity index is 3.27. The molecule has 0 saturated carbocycles. The summed E-state index contributed by atoms with van der Waals surface area (Å²) in [6.45, 7) is 5.66. The highest BCUT2D eigenvalue weighted by atomic mass is 16.5. The second kappa shape index (κ2) is 7.25. The molecule has 1 heterocycles. The van der Waals surface area contributed by atoms with Crippen LogP contribution in [0.4, 0.5) is 0 Å². The van der Waals surface area contributed by atoms with Gasteiger partial charge in [-0.3, -0.25) is 9.78 Å². The first-order valence-corrected chi connectivity index (χ1v) is 6.60. The Hall–Kier alpha value is -2.60. The number of esters is 1. The highest BCUT2D eigenvalue weighted by molar-refractivity contribution is 5.83. The zero-order chi connectivity index (χ0) is 15.9. The molecule has 0 aliphatic heterocycles. The Bertz CT molecular complexity index is 557. The summed E-state index contributed by atoms with van der Waals surface area (Å²) in [4.78, 5) is 16.4. The molecule has 0 aromatic carbocycles. The number of pyridine rings is 1. The minimum atomic E-state index is -1.44. The predicted octanol–water partition coefficient (Wildman–Crippen LogP) is 1.96. The molecule has 0 amide bonds. The van der Waals surface area contributed by atoms with E-state index in [4.69, 9.17) is 20.0 Å². The molecule has 21 heavy (non-hydrogen) atoms. The van der Waals surface area contributed by atoms with Gasteiger partial charge in [0.15, 0.2) is 5.92 Å². The quantitative estimate of drug-likeness (QED) is 0.742. The van der Waals surface area contributed by atoms with Crippen LogP contribution >= 0.6 is 0 Å². The first kappa shape index (κ1) is 16.5. The summed E-state index contributed by atoms with van der Waals surface area (Å²) in [7, 11) is 0. The van der Waals surface area contributed by atoms with E-state index >= 15 is 0 Å². The van der Waals surface area contributed by atoms with Crippen LogP contribution in [-0.4, -0.2) is 24.2 Å². The van der Waals surface area contributed by atoms with E-state index < -0.39 is 17.3 Å². The number of nitriles is 2. The molecule has 1 atom stereocenters. The average Bonchev–Trinajstić information content (AvgIpc) is 2.49. The first-order valence-electron chi connectivity index (χ1n) is 6.60. The molecule has 0 bridgehead atoms. The molecule has 0 fully saturated rings. The fraction of sp³-hybridized carbons (Fsp3) is 0.467. The molecule has 6 nitrogen and oxygen atoms in total. The normalized spacial score (nSPS) is 12.9. The van der Waals surface area contributed by atoms with Crippen molar-refractivity contribution in [3.63, 3.8) is 0 Å². The molecule has 0 spiro atoms. The maximum atomic E-state index is 12.2.